The fourth-order valence-corrected chi connectivity index (χ4v) is 2.80. The minimum Gasteiger partial charge on any atom is -0.385 e. The zero-order valence-electron chi connectivity index (χ0n) is 15.4. The van der Waals surface area contributed by atoms with Crippen LogP contribution in [0.2, 0.25) is 0 Å². The van der Waals surface area contributed by atoms with E-state index in [1.54, 1.807) is 12.0 Å². The fourth-order valence-electron chi connectivity index (χ4n) is 2.80. The molecule has 1 aromatic rings. The highest BCUT2D eigenvalue weighted by Crippen LogP contribution is 2.28. The van der Waals surface area contributed by atoms with Crippen molar-refractivity contribution in [1.29, 1.82) is 0 Å². The van der Waals surface area contributed by atoms with Crippen LogP contribution in [-0.2, 0) is 32.7 Å². The number of hydrogen-bond acceptors (Lipinski definition) is 4. The SMILES string of the molecule is COCCCN(CC(=O)N(Cc1cccn1C)C1CC1)C(=O)COC. The molecular formula is C18H29N3O4. The molecule has 1 aromatic heterocycles. The predicted molar refractivity (Wildman–Crippen MR) is 93.9 cm³/mol. The number of ether oxygens (including phenoxy) is 2. The molecule has 1 heterocycles. The number of nitrogens with zero attached hydrogens (tertiary/aromatic N) is 3. The molecule has 0 bridgehead atoms. The van der Waals surface area contributed by atoms with Gasteiger partial charge in [-0.1, -0.05) is 0 Å². The van der Waals surface area contributed by atoms with Crippen LogP contribution in [-0.4, -0.2) is 72.7 Å². The van der Waals surface area contributed by atoms with Crippen molar-refractivity contribution in [3.63, 3.8) is 0 Å². The van der Waals surface area contributed by atoms with Crippen LogP contribution < -0.4 is 0 Å². The summed E-state index contributed by atoms with van der Waals surface area (Å²) in [5.41, 5.74) is 1.09. The molecule has 1 fully saturated rings. The number of carbonyl (C=O) groups excluding carboxylic acids is 2. The molecule has 0 spiro atoms. The lowest BCUT2D eigenvalue weighted by Crippen LogP contribution is -2.45. The van der Waals surface area contributed by atoms with Gasteiger partial charge in [-0.2, -0.15) is 0 Å². The van der Waals surface area contributed by atoms with Crippen LogP contribution in [0.3, 0.4) is 0 Å². The van der Waals surface area contributed by atoms with Crippen molar-refractivity contribution in [3.8, 4) is 0 Å². The van der Waals surface area contributed by atoms with Crippen molar-refractivity contribution >= 4 is 11.8 Å². The third-order valence-corrected chi connectivity index (χ3v) is 4.41. The van der Waals surface area contributed by atoms with Gasteiger partial charge in [-0.3, -0.25) is 9.59 Å². The van der Waals surface area contributed by atoms with Gasteiger partial charge in [0.1, 0.15) is 6.61 Å². The molecule has 140 valence electrons. The lowest BCUT2D eigenvalue weighted by Gasteiger charge is -2.28. The van der Waals surface area contributed by atoms with E-state index in [-0.39, 0.29) is 25.0 Å². The normalized spacial score (nSPS) is 13.7. The van der Waals surface area contributed by atoms with Crippen molar-refractivity contribution in [2.75, 3.05) is 40.5 Å². The number of methoxy groups -OCH3 is 2. The molecule has 0 saturated heterocycles. The van der Waals surface area contributed by atoms with Gasteiger partial charge < -0.3 is 23.8 Å². The standard InChI is InChI=1S/C18H29N3O4/c1-19-9-4-6-16(19)12-21(15-7-8-15)17(22)13-20(10-5-11-24-2)18(23)14-25-3/h4,6,9,15H,5,7-8,10-14H2,1-3H3. The first kappa shape index (κ1) is 19.5. The number of carbonyl (C=O) groups is 2. The Morgan fingerprint density at radius 3 is 2.56 bits per heavy atom. The molecule has 1 saturated carbocycles. The van der Waals surface area contributed by atoms with Gasteiger partial charge in [-0.15, -0.1) is 0 Å². The van der Waals surface area contributed by atoms with Gasteiger partial charge in [0.25, 0.3) is 0 Å². The van der Waals surface area contributed by atoms with Gasteiger partial charge in [0.15, 0.2) is 0 Å². The van der Waals surface area contributed by atoms with E-state index < -0.39 is 0 Å². The van der Waals surface area contributed by atoms with Gasteiger partial charge in [0.2, 0.25) is 11.8 Å². The van der Waals surface area contributed by atoms with Crippen molar-refractivity contribution in [3.05, 3.63) is 24.0 Å². The van der Waals surface area contributed by atoms with E-state index in [9.17, 15) is 9.59 Å². The van der Waals surface area contributed by atoms with E-state index in [4.69, 9.17) is 9.47 Å². The molecule has 0 aromatic carbocycles. The molecule has 0 atom stereocenters. The van der Waals surface area contributed by atoms with Crippen LogP contribution in [0.15, 0.2) is 18.3 Å². The quantitative estimate of drug-likeness (QED) is 0.559. The van der Waals surface area contributed by atoms with Crippen LogP contribution in [0.4, 0.5) is 0 Å². The van der Waals surface area contributed by atoms with E-state index in [0.29, 0.717) is 32.2 Å². The average Bonchev–Trinajstić information content (AvgIpc) is 3.34. The summed E-state index contributed by atoms with van der Waals surface area (Å²) in [6.07, 6.45) is 4.74. The zero-order valence-corrected chi connectivity index (χ0v) is 15.4. The molecule has 2 rings (SSSR count). The summed E-state index contributed by atoms with van der Waals surface area (Å²) >= 11 is 0. The molecule has 0 radical (unpaired) electrons. The number of aryl methyl sites for hydroxylation is 1. The van der Waals surface area contributed by atoms with Gasteiger partial charge >= 0.3 is 0 Å². The summed E-state index contributed by atoms with van der Waals surface area (Å²) in [5, 5.41) is 0. The van der Waals surface area contributed by atoms with Crippen LogP contribution in [0.25, 0.3) is 0 Å². The molecule has 1 aliphatic rings. The summed E-state index contributed by atoms with van der Waals surface area (Å²) in [6.45, 7) is 1.71. The topological polar surface area (TPSA) is 64.0 Å². The molecule has 7 heteroatoms. The Morgan fingerprint density at radius 2 is 2.00 bits per heavy atom. The third kappa shape index (κ3) is 5.86. The Kier molecular flexibility index (Phi) is 7.46. The number of amides is 2. The monoisotopic (exact) mass is 351 g/mol. The zero-order chi connectivity index (χ0) is 18.2. The smallest absolute Gasteiger partial charge is 0.249 e. The van der Waals surface area contributed by atoms with E-state index in [0.717, 1.165) is 18.5 Å². The van der Waals surface area contributed by atoms with E-state index >= 15 is 0 Å². The van der Waals surface area contributed by atoms with Gasteiger partial charge in [-0.05, 0) is 31.4 Å². The lowest BCUT2D eigenvalue weighted by atomic mass is 10.3. The highest BCUT2D eigenvalue weighted by atomic mass is 16.5. The molecular weight excluding hydrogens is 322 g/mol. The summed E-state index contributed by atoms with van der Waals surface area (Å²) < 4.78 is 12.0. The van der Waals surface area contributed by atoms with Crippen molar-refractivity contribution in [1.82, 2.24) is 14.4 Å². The number of hydrogen-bond donors (Lipinski definition) is 0. The first-order valence-electron chi connectivity index (χ1n) is 8.72. The fraction of sp³-hybridized carbons (Fsp3) is 0.667. The minimum absolute atomic E-state index is 0.00873. The van der Waals surface area contributed by atoms with Gasteiger partial charge in [-0.25, -0.2) is 0 Å². The molecule has 1 aliphatic carbocycles. The van der Waals surface area contributed by atoms with E-state index in [1.165, 1.54) is 7.11 Å². The van der Waals surface area contributed by atoms with Crippen LogP contribution in [0, 0.1) is 0 Å². The Balaban J connectivity index is 2.00. The maximum absolute atomic E-state index is 12.9. The first-order valence-corrected chi connectivity index (χ1v) is 8.72. The second-order valence-electron chi connectivity index (χ2n) is 6.46. The van der Waals surface area contributed by atoms with Gasteiger partial charge in [0.05, 0.1) is 13.1 Å². The second-order valence-corrected chi connectivity index (χ2v) is 6.46. The first-order chi connectivity index (χ1) is 12.1. The molecule has 2 amide bonds. The predicted octanol–water partition coefficient (Wildman–Crippen LogP) is 1.03. The lowest BCUT2D eigenvalue weighted by molar-refractivity contribution is -0.143. The summed E-state index contributed by atoms with van der Waals surface area (Å²) in [4.78, 5) is 28.6. The van der Waals surface area contributed by atoms with Crippen LogP contribution in [0.1, 0.15) is 25.0 Å². The van der Waals surface area contributed by atoms with Crippen molar-refractivity contribution in [2.24, 2.45) is 7.05 Å². The van der Waals surface area contributed by atoms with Crippen molar-refractivity contribution < 1.29 is 19.1 Å². The van der Waals surface area contributed by atoms with Crippen LogP contribution >= 0.6 is 0 Å². The van der Waals surface area contributed by atoms with Crippen LogP contribution in [0.5, 0.6) is 0 Å². The Hall–Kier alpha value is -1.86. The largest absolute Gasteiger partial charge is 0.385 e. The highest BCUT2D eigenvalue weighted by molar-refractivity contribution is 5.85. The molecule has 0 unspecified atom stereocenters. The van der Waals surface area contributed by atoms with E-state index in [1.807, 2.05) is 34.8 Å². The Labute approximate surface area is 149 Å². The maximum atomic E-state index is 12.9. The van der Waals surface area contributed by atoms with Crippen molar-refractivity contribution in [2.45, 2.75) is 31.8 Å². The van der Waals surface area contributed by atoms with E-state index in [2.05, 4.69) is 0 Å². The summed E-state index contributed by atoms with van der Waals surface area (Å²) in [6, 6.07) is 4.29. The number of aromatic nitrogens is 1. The molecule has 7 nitrogen and oxygen atoms in total. The minimum atomic E-state index is -0.165. The molecule has 0 N–H and O–H groups in total. The second kappa shape index (κ2) is 9.58. The summed E-state index contributed by atoms with van der Waals surface area (Å²) in [5.74, 6) is -0.174. The Morgan fingerprint density at radius 1 is 1.24 bits per heavy atom. The molecule has 0 aliphatic heterocycles. The van der Waals surface area contributed by atoms with Gasteiger partial charge in [0, 0.05) is 52.4 Å². The highest BCUT2D eigenvalue weighted by Gasteiger charge is 2.34. The molecule has 25 heavy (non-hydrogen) atoms. The summed E-state index contributed by atoms with van der Waals surface area (Å²) in [7, 11) is 5.09. The third-order valence-electron chi connectivity index (χ3n) is 4.41. The number of rotatable bonds is 11. The maximum Gasteiger partial charge on any atom is 0.249 e. The Bertz CT molecular complexity index is 568. The average molecular weight is 351 g/mol.